The second-order valence-electron chi connectivity index (χ2n) is 3.82. The van der Waals surface area contributed by atoms with Crippen LogP contribution in [0, 0.1) is 0 Å². The number of hydrogen-bond acceptors (Lipinski definition) is 4. The summed E-state index contributed by atoms with van der Waals surface area (Å²) in [6.07, 6.45) is -1.72. The Kier molecular flexibility index (Phi) is 4.91. The third kappa shape index (κ3) is 5.80. The molecule has 0 amide bonds. The predicted octanol–water partition coefficient (Wildman–Crippen LogP) is 2.13. The van der Waals surface area contributed by atoms with Gasteiger partial charge in [0.05, 0.1) is 5.88 Å². The molecule has 5 heteroatoms. The second kappa shape index (κ2) is 5.20. The molecule has 0 aliphatic heterocycles. The van der Waals surface area contributed by atoms with Crippen molar-refractivity contribution in [3.8, 4) is 0 Å². The summed E-state index contributed by atoms with van der Waals surface area (Å²) >= 11 is 5.28. The molecule has 0 aromatic rings. The zero-order valence-corrected chi connectivity index (χ0v) is 9.55. The van der Waals surface area contributed by atoms with E-state index in [4.69, 9.17) is 16.3 Å². The fraction of sp³-hybridized carbons (Fsp3) is 0.778. The van der Waals surface area contributed by atoms with Gasteiger partial charge in [-0.3, -0.25) is 4.79 Å². The highest BCUT2D eigenvalue weighted by Gasteiger charge is 2.22. The van der Waals surface area contributed by atoms with Crippen molar-refractivity contribution in [1.82, 2.24) is 0 Å². The molecule has 0 saturated heterocycles. The lowest BCUT2D eigenvalue weighted by Gasteiger charge is -2.20. The lowest BCUT2D eigenvalue weighted by atomic mass is 10.2. The van der Waals surface area contributed by atoms with Gasteiger partial charge in [-0.25, -0.2) is 4.79 Å². The Labute approximate surface area is 88.5 Å². The summed E-state index contributed by atoms with van der Waals surface area (Å²) in [6.45, 7) is 6.58. The smallest absolute Gasteiger partial charge is 0.429 e. The summed E-state index contributed by atoms with van der Waals surface area (Å²) in [7, 11) is 0. The van der Waals surface area contributed by atoms with E-state index in [0.29, 0.717) is 0 Å². The van der Waals surface area contributed by atoms with Crippen LogP contribution in [-0.4, -0.2) is 29.5 Å². The van der Waals surface area contributed by atoms with Gasteiger partial charge in [0.2, 0.25) is 0 Å². The first kappa shape index (κ1) is 13.2. The number of hydrogen-bond donors (Lipinski definition) is 0. The Morgan fingerprint density at radius 3 is 2.21 bits per heavy atom. The summed E-state index contributed by atoms with van der Waals surface area (Å²) < 4.78 is 9.53. The van der Waals surface area contributed by atoms with Crippen LogP contribution in [0.25, 0.3) is 0 Å². The second-order valence-corrected chi connectivity index (χ2v) is 4.09. The first-order valence-electron chi connectivity index (χ1n) is 4.24. The molecule has 0 fully saturated rings. The van der Waals surface area contributed by atoms with Crippen LogP contribution in [0.3, 0.4) is 0 Å². The minimum atomic E-state index is -0.859. The van der Waals surface area contributed by atoms with E-state index < -0.39 is 17.9 Å². The van der Waals surface area contributed by atoms with Crippen LogP contribution >= 0.6 is 11.6 Å². The average Bonchev–Trinajstić information content (AvgIpc) is 1.99. The molecule has 0 aromatic heterocycles. The molecule has 14 heavy (non-hydrogen) atoms. The van der Waals surface area contributed by atoms with Gasteiger partial charge in [-0.1, -0.05) is 0 Å². The van der Waals surface area contributed by atoms with E-state index in [9.17, 15) is 9.59 Å². The maximum absolute atomic E-state index is 11.0. The summed E-state index contributed by atoms with van der Waals surface area (Å²) in [4.78, 5) is 22.0. The first-order chi connectivity index (χ1) is 6.26. The first-order valence-corrected chi connectivity index (χ1v) is 4.78. The molecule has 0 bridgehead atoms. The third-order valence-electron chi connectivity index (χ3n) is 1.25. The van der Waals surface area contributed by atoms with Crippen molar-refractivity contribution < 1.29 is 19.1 Å². The van der Waals surface area contributed by atoms with Crippen LogP contribution in [0.15, 0.2) is 0 Å². The number of rotatable bonds is 3. The summed E-state index contributed by atoms with van der Waals surface area (Å²) in [6, 6.07) is 0. The Hall–Kier alpha value is -0.770. The van der Waals surface area contributed by atoms with Crippen molar-refractivity contribution >= 4 is 23.5 Å². The summed E-state index contributed by atoms with van der Waals surface area (Å²) in [5, 5.41) is 0. The summed E-state index contributed by atoms with van der Waals surface area (Å²) in [5.74, 6) is -0.526. The van der Waals surface area contributed by atoms with Gasteiger partial charge in [0, 0.05) is 0 Å². The molecule has 0 heterocycles. The zero-order valence-electron chi connectivity index (χ0n) is 8.80. The number of carbonyl (C=O) groups excluding carboxylic acids is 2. The number of alkyl halides is 1. The predicted molar refractivity (Wildman–Crippen MR) is 52.5 cm³/mol. The number of ether oxygens (including phenoxy) is 2. The van der Waals surface area contributed by atoms with Crippen LogP contribution in [0.5, 0.6) is 0 Å². The van der Waals surface area contributed by atoms with Gasteiger partial charge < -0.3 is 9.47 Å². The van der Waals surface area contributed by atoms with Crippen LogP contribution in [-0.2, 0) is 14.3 Å². The largest absolute Gasteiger partial charge is 0.509 e. The van der Waals surface area contributed by atoms with Crippen molar-refractivity contribution in [2.45, 2.75) is 39.4 Å². The topological polar surface area (TPSA) is 52.6 Å². The van der Waals surface area contributed by atoms with E-state index in [2.05, 4.69) is 4.74 Å². The highest BCUT2D eigenvalue weighted by Crippen LogP contribution is 2.09. The SMILES string of the molecule is CC(OC(=O)OC(C)(C)C)C(=O)CCl. The molecule has 0 rings (SSSR count). The highest BCUT2D eigenvalue weighted by atomic mass is 35.5. The Morgan fingerprint density at radius 1 is 1.36 bits per heavy atom. The number of ketones is 1. The van der Waals surface area contributed by atoms with E-state index in [1.165, 1.54) is 6.92 Å². The fourth-order valence-electron chi connectivity index (χ4n) is 0.593. The quantitative estimate of drug-likeness (QED) is 0.542. The van der Waals surface area contributed by atoms with Gasteiger partial charge in [-0.15, -0.1) is 11.6 Å². The van der Waals surface area contributed by atoms with Crippen molar-refractivity contribution in [1.29, 1.82) is 0 Å². The monoisotopic (exact) mass is 222 g/mol. The molecule has 0 aliphatic rings. The van der Waals surface area contributed by atoms with Gasteiger partial charge in [-0.05, 0) is 27.7 Å². The van der Waals surface area contributed by atoms with E-state index >= 15 is 0 Å². The van der Waals surface area contributed by atoms with Crippen molar-refractivity contribution in [2.24, 2.45) is 0 Å². The normalized spacial score (nSPS) is 13.2. The standard InChI is InChI=1S/C9H15ClO4/c1-6(7(11)5-10)13-8(12)14-9(2,3)4/h6H,5H2,1-4H3. The molecule has 1 atom stereocenters. The number of Topliss-reactive ketones (excluding diaryl/α,β-unsaturated/α-hetero) is 1. The molecular weight excluding hydrogens is 208 g/mol. The van der Waals surface area contributed by atoms with E-state index in [0.717, 1.165) is 0 Å². The Morgan fingerprint density at radius 2 is 1.86 bits per heavy atom. The minimum Gasteiger partial charge on any atom is -0.429 e. The van der Waals surface area contributed by atoms with Crippen LogP contribution in [0.2, 0.25) is 0 Å². The Balaban J connectivity index is 4.01. The molecule has 0 spiro atoms. The van der Waals surface area contributed by atoms with Gasteiger partial charge >= 0.3 is 6.16 Å². The van der Waals surface area contributed by atoms with Crippen LogP contribution < -0.4 is 0 Å². The zero-order chi connectivity index (χ0) is 11.4. The van der Waals surface area contributed by atoms with Crippen molar-refractivity contribution in [2.75, 3.05) is 5.88 Å². The lowest BCUT2D eigenvalue weighted by Crippen LogP contribution is -2.30. The summed E-state index contributed by atoms with van der Waals surface area (Å²) in [5.41, 5.74) is -0.624. The van der Waals surface area contributed by atoms with Gasteiger partial charge in [0.15, 0.2) is 11.9 Å². The highest BCUT2D eigenvalue weighted by molar-refractivity contribution is 6.28. The molecular formula is C9H15ClO4. The lowest BCUT2D eigenvalue weighted by molar-refractivity contribution is -0.126. The van der Waals surface area contributed by atoms with Crippen LogP contribution in [0.1, 0.15) is 27.7 Å². The van der Waals surface area contributed by atoms with E-state index in [1.54, 1.807) is 20.8 Å². The number of halogens is 1. The minimum absolute atomic E-state index is 0.177. The molecule has 0 radical (unpaired) electrons. The van der Waals surface area contributed by atoms with Gasteiger partial charge in [0.1, 0.15) is 5.60 Å². The van der Waals surface area contributed by atoms with Gasteiger partial charge in [-0.2, -0.15) is 0 Å². The molecule has 1 unspecified atom stereocenters. The van der Waals surface area contributed by atoms with E-state index in [-0.39, 0.29) is 11.7 Å². The molecule has 0 aliphatic carbocycles. The maximum atomic E-state index is 11.0. The van der Waals surface area contributed by atoms with Gasteiger partial charge in [0.25, 0.3) is 0 Å². The molecule has 82 valence electrons. The maximum Gasteiger partial charge on any atom is 0.509 e. The number of carbonyl (C=O) groups is 2. The Bertz CT molecular complexity index is 219. The van der Waals surface area contributed by atoms with E-state index in [1.807, 2.05) is 0 Å². The average molecular weight is 223 g/mol. The third-order valence-corrected chi connectivity index (χ3v) is 1.51. The van der Waals surface area contributed by atoms with Crippen molar-refractivity contribution in [3.63, 3.8) is 0 Å². The molecule has 0 saturated carbocycles. The molecule has 0 N–H and O–H groups in total. The van der Waals surface area contributed by atoms with Crippen LogP contribution in [0.4, 0.5) is 4.79 Å². The van der Waals surface area contributed by atoms with Crippen molar-refractivity contribution in [3.05, 3.63) is 0 Å². The fourth-order valence-corrected chi connectivity index (χ4v) is 0.810. The molecule has 0 aromatic carbocycles. The molecule has 4 nitrogen and oxygen atoms in total.